The van der Waals surface area contributed by atoms with Crippen LogP contribution in [0, 0.1) is 13.8 Å². The second-order valence-corrected chi connectivity index (χ2v) is 5.51. The number of aryl methyl sites for hydroxylation is 2. The lowest BCUT2D eigenvalue weighted by Gasteiger charge is -2.08. The predicted octanol–water partition coefficient (Wildman–Crippen LogP) is 3.80. The van der Waals surface area contributed by atoms with Gasteiger partial charge in [-0.2, -0.15) is 0 Å². The lowest BCUT2D eigenvalue weighted by molar-refractivity contribution is 0.111. The molecule has 0 aliphatic rings. The fraction of sp³-hybridized carbons (Fsp3) is 0.231. The van der Waals surface area contributed by atoms with Gasteiger partial charge in [0.25, 0.3) is 0 Å². The summed E-state index contributed by atoms with van der Waals surface area (Å²) in [5, 5.41) is 1.31. The van der Waals surface area contributed by atoms with Crippen LogP contribution in [0.25, 0.3) is 0 Å². The molecule has 0 atom stereocenters. The lowest BCUT2D eigenvalue weighted by Crippen LogP contribution is -1.98. The second-order valence-electron chi connectivity index (χ2n) is 3.81. The fourth-order valence-electron chi connectivity index (χ4n) is 1.51. The Bertz CT molecular complexity index is 561. The number of carbonyl (C=O) groups excluding carboxylic acids is 1. The summed E-state index contributed by atoms with van der Waals surface area (Å²) in [5.74, 6) is 0.416. The van der Waals surface area contributed by atoms with Crippen molar-refractivity contribution in [2.24, 2.45) is 0 Å². The smallest absolute Gasteiger partial charge is 0.153 e. The maximum Gasteiger partial charge on any atom is 0.153 e. The summed E-state index contributed by atoms with van der Waals surface area (Å²) in [5.41, 5.74) is 1.46. The molecule has 0 radical (unpaired) electrons. The van der Waals surface area contributed by atoms with Crippen molar-refractivity contribution in [3.8, 4) is 5.75 Å². The van der Waals surface area contributed by atoms with Gasteiger partial charge in [0.1, 0.15) is 17.4 Å². The molecule has 0 aliphatic heterocycles. The number of carbonyl (C=O) groups is 1. The van der Waals surface area contributed by atoms with Gasteiger partial charge in [0.15, 0.2) is 6.29 Å². The highest BCUT2D eigenvalue weighted by Crippen LogP contribution is 2.29. The quantitative estimate of drug-likeness (QED) is 0.800. The van der Waals surface area contributed by atoms with Crippen molar-refractivity contribution in [1.29, 1.82) is 0 Å². The number of aldehydes is 1. The Kier molecular flexibility index (Phi) is 3.99. The molecule has 0 N–H and O–H groups in total. The van der Waals surface area contributed by atoms with Crippen LogP contribution >= 0.6 is 22.9 Å². The number of aromatic nitrogens is 1. The number of thiazole rings is 1. The molecule has 18 heavy (non-hydrogen) atoms. The van der Waals surface area contributed by atoms with Gasteiger partial charge in [-0.25, -0.2) is 4.98 Å². The summed E-state index contributed by atoms with van der Waals surface area (Å²) in [6.07, 6.45) is 0.736. The molecule has 1 heterocycles. The minimum absolute atomic E-state index is 0.323. The zero-order chi connectivity index (χ0) is 13.1. The SMILES string of the molecule is Cc1nc(COc2c(Cl)cccc2C=O)sc1C. The molecule has 5 heteroatoms. The van der Waals surface area contributed by atoms with E-state index in [1.807, 2.05) is 13.8 Å². The van der Waals surface area contributed by atoms with Crippen molar-refractivity contribution < 1.29 is 9.53 Å². The number of halogens is 1. The van der Waals surface area contributed by atoms with Gasteiger partial charge in [-0.15, -0.1) is 11.3 Å². The first-order valence-electron chi connectivity index (χ1n) is 5.41. The zero-order valence-corrected chi connectivity index (χ0v) is 11.6. The van der Waals surface area contributed by atoms with E-state index in [2.05, 4.69) is 4.98 Å². The Labute approximate surface area is 114 Å². The van der Waals surface area contributed by atoms with E-state index >= 15 is 0 Å². The van der Waals surface area contributed by atoms with E-state index in [4.69, 9.17) is 16.3 Å². The molecule has 1 aromatic carbocycles. The Morgan fingerprint density at radius 1 is 1.44 bits per heavy atom. The number of benzene rings is 1. The molecular formula is C13H12ClNO2S. The number of para-hydroxylation sites is 1. The van der Waals surface area contributed by atoms with Gasteiger partial charge in [-0.3, -0.25) is 4.79 Å². The molecule has 0 aliphatic carbocycles. The maximum atomic E-state index is 10.9. The minimum atomic E-state index is 0.323. The molecule has 94 valence electrons. The highest BCUT2D eigenvalue weighted by molar-refractivity contribution is 7.11. The normalized spacial score (nSPS) is 10.4. The van der Waals surface area contributed by atoms with E-state index in [1.165, 1.54) is 4.88 Å². The predicted molar refractivity (Wildman–Crippen MR) is 72.8 cm³/mol. The van der Waals surface area contributed by atoms with E-state index < -0.39 is 0 Å². The Morgan fingerprint density at radius 3 is 2.83 bits per heavy atom. The zero-order valence-electron chi connectivity index (χ0n) is 10.1. The molecule has 3 nitrogen and oxygen atoms in total. The van der Waals surface area contributed by atoms with Gasteiger partial charge in [0.05, 0.1) is 16.3 Å². The molecule has 0 fully saturated rings. The largest absolute Gasteiger partial charge is 0.484 e. The van der Waals surface area contributed by atoms with Crippen LogP contribution < -0.4 is 4.74 Å². The molecule has 0 bridgehead atoms. The molecule has 0 amide bonds. The van der Waals surface area contributed by atoms with Crippen LogP contribution in [0.2, 0.25) is 5.02 Å². The summed E-state index contributed by atoms with van der Waals surface area (Å²) in [4.78, 5) is 16.4. The van der Waals surface area contributed by atoms with Crippen molar-refractivity contribution >= 4 is 29.2 Å². The van der Waals surface area contributed by atoms with Crippen molar-refractivity contribution in [2.45, 2.75) is 20.5 Å². The van der Waals surface area contributed by atoms with Crippen molar-refractivity contribution in [3.63, 3.8) is 0 Å². The first-order chi connectivity index (χ1) is 8.61. The molecule has 0 spiro atoms. The number of ether oxygens (including phenoxy) is 1. The van der Waals surface area contributed by atoms with Crippen molar-refractivity contribution in [2.75, 3.05) is 0 Å². The molecular weight excluding hydrogens is 270 g/mol. The first kappa shape index (κ1) is 13.1. The monoisotopic (exact) mass is 281 g/mol. The van der Waals surface area contributed by atoms with E-state index in [0.717, 1.165) is 17.0 Å². The van der Waals surface area contributed by atoms with E-state index in [1.54, 1.807) is 29.5 Å². The van der Waals surface area contributed by atoms with Gasteiger partial charge in [0, 0.05) is 4.88 Å². The number of hydrogen-bond acceptors (Lipinski definition) is 4. The standard InChI is InChI=1S/C13H12ClNO2S/c1-8-9(2)18-12(15-8)7-17-13-10(6-16)4-3-5-11(13)14/h3-6H,7H2,1-2H3. The number of nitrogens with zero attached hydrogens (tertiary/aromatic N) is 1. The summed E-state index contributed by atoms with van der Waals surface area (Å²) in [7, 11) is 0. The first-order valence-corrected chi connectivity index (χ1v) is 6.60. The average molecular weight is 282 g/mol. The van der Waals surface area contributed by atoms with Crippen molar-refractivity contribution in [3.05, 3.63) is 44.4 Å². The number of rotatable bonds is 4. The van der Waals surface area contributed by atoms with E-state index in [0.29, 0.717) is 22.9 Å². The highest BCUT2D eigenvalue weighted by Gasteiger charge is 2.10. The van der Waals surface area contributed by atoms with Gasteiger partial charge in [-0.1, -0.05) is 17.7 Å². The molecule has 0 saturated carbocycles. The molecule has 2 aromatic rings. The topological polar surface area (TPSA) is 39.2 Å². The van der Waals surface area contributed by atoms with Gasteiger partial charge in [0.2, 0.25) is 0 Å². The maximum absolute atomic E-state index is 10.9. The summed E-state index contributed by atoms with van der Waals surface area (Å²) < 4.78 is 5.60. The second kappa shape index (κ2) is 5.50. The third-order valence-electron chi connectivity index (χ3n) is 2.54. The van der Waals surface area contributed by atoms with E-state index in [-0.39, 0.29) is 0 Å². The molecule has 0 saturated heterocycles. The Morgan fingerprint density at radius 2 is 2.22 bits per heavy atom. The third-order valence-corrected chi connectivity index (χ3v) is 3.88. The van der Waals surface area contributed by atoms with Gasteiger partial charge < -0.3 is 4.74 Å². The molecule has 1 aromatic heterocycles. The minimum Gasteiger partial charge on any atom is -0.484 e. The average Bonchev–Trinajstić information content (AvgIpc) is 2.67. The Hall–Kier alpha value is -1.39. The van der Waals surface area contributed by atoms with Crippen LogP contribution in [-0.2, 0) is 6.61 Å². The molecule has 0 unspecified atom stereocenters. The van der Waals surface area contributed by atoms with Crippen LogP contribution in [0.4, 0.5) is 0 Å². The molecule has 2 rings (SSSR count). The number of hydrogen-bond donors (Lipinski definition) is 0. The van der Waals surface area contributed by atoms with Gasteiger partial charge in [-0.05, 0) is 26.0 Å². The summed E-state index contributed by atoms with van der Waals surface area (Å²) in [6, 6.07) is 5.09. The third kappa shape index (κ3) is 2.71. The summed E-state index contributed by atoms with van der Waals surface area (Å²) >= 11 is 7.60. The van der Waals surface area contributed by atoms with Gasteiger partial charge >= 0.3 is 0 Å². The van der Waals surface area contributed by atoms with Crippen LogP contribution in [0.5, 0.6) is 5.75 Å². The summed E-state index contributed by atoms with van der Waals surface area (Å²) in [6.45, 7) is 4.30. The lowest BCUT2D eigenvalue weighted by atomic mass is 10.2. The van der Waals surface area contributed by atoms with Crippen LogP contribution in [0.3, 0.4) is 0 Å². The van der Waals surface area contributed by atoms with Crippen LogP contribution in [0.1, 0.15) is 25.9 Å². The van der Waals surface area contributed by atoms with Crippen molar-refractivity contribution in [1.82, 2.24) is 4.98 Å². The fourth-order valence-corrected chi connectivity index (χ4v) is 2.59. The Balaban J connectivity index is 2.17. The van der Waals surface area contributed by atoms with Crippen LogP contribution in [0.15, 0.2) is 18.2 Å². The highest BCUT2D eigenvalue weighted by atomic mass is 35.5. The van der Waals surface area contributed by atoms with E-state index in [9.17, 15) is 4.79 Å². The van der Waals surface area contributed by atoms with Crippen LogP contribution in [-0.4, -0.2) is 11.3 Å².